The van der Waals surface area contributed by atoms with Crippen LogP contribution in [0.1, 0.15) is 47.5 Å². The van der Waals surface area contributed by atoms with Gasteiger partial charge in [-0.2, -0.15) is 0 Å². The van der Waals surface area contributed by atoms with E-state index in [1.165, 1.54) is 24.0 Å². The van der Waals surface area contributed by atoms with Crippen LogP contribution in [0.3, 0.4) is 0 Å². The first kappa shape index (κ1) is 17.0. The zero-order chi connectivity index (χ0) is 17.9. The van der Waals surface area contributed by atoms with Gasteiger partial charge in [-0.3, -0.25) is 9.59 Å². The fraction of sp³-hybridized carbons (Fsp3) is 0.350. The first-order chi connectivity index (χ1) is 12.7. The van der Waals surface area contributed by atoms with E-state index >= 15 is 0 Å². The molecular weight excluding hydrogens is 348 g/mol. The molecule has 2 aromatic heterocycles. The van der Waals surface area contributed by atoms with E-state index in [4.69, 9.17) is 4.42 Å². The molecule has 0 bridgehead atoms. The molecule has 0 spiro atoms. The van der Waals surface area contributed by atoms with Crippen LogP contribution in [0.4, 0.5) is 0 Å². The van der Waals surface area contributed by atoms with E-state index in [2.05, 4.69) is 4.98 Å². The maximum atomic E-state index is 13.3. The summed E-state index contributed by atoms with van der Waals surface area (Å²) in [6.07, 6.45) is 8.41. The zero-order valence-electron chi connectivity index (χ0n) is 14.4. The SMILES string of the molecule is O=C(c1coc2ccccc2c1=O)N(Cc1nccs1)C1CCCCC1. The molecule has 0 aliphatic heterocycles. The lowest BCUT2D eigenvalue weighted by molar-refractivity contribution is 0.0610. The third kappa shape index (κ3) is 3.29. The van der Waals surface area contributed by atoms with E-state index in [0.29, 0.717) is 17.5 Å². The van der Waals surface area contributed by atoms with E-state index in [9.17, 15) is 9.59 Å². The van der Waals surface area contributed by atoms with Crippen LogP contribution in [-0.2, 0) is 6.54 Å². The minimum Gasteiger partial charge on any atom is -0.463 e. The molecule has 1 aromatic carbocycles. The molecule has 3 aromatic rings. The van der Waals surface area contributed by atoms with Gasteiger partial charge < -0.3 is 9.32 Å². The number of nitrogens with zero attached hydrogens (tertiary/aromatic N) is 2. The number of carbonyl (C=O) groups excluding carboxylic acids is 1. The molecule has 134 valence electrons. The maximum absolute atomic E-state index is 13.3. The van der Waals surface area contributed by atoms with Crippen molar-refractivity contribution >= 4 is 28.2 Å². The predicted molar refractivity (Wildman–Crippen MR) is 101 cm³/mol. The van der Waals surface area contributed by atoms with Crippen LogP contribution in [0.5, 0.6) is 0 Å². The highest BCUT2D eigenvalue weighted by Crippen LogP contribution is 2.26. The number of rotatable bonds is 4. The Kier molecular flexibility index (Phi) is 4.84. The van der Waals surface area contributed by atoms with Crippen molar-refractivity contribution in [2.24, 2.45) is 0 Å². The van der Waals surface area contributed by atoms with Gasteiger partial charge in [0.1, 0.15) is 22.4 Å². The molecule has 0 unspecified atom stereocenters. The van der Waals surface area contributed by atoms with Crippen molar-refractivity contribution in [1.82, 2.24) is 9.88 Å². The van der Waals surface area contributed by atoms with Gasteiger partial charge in [-0.25, -0.2) is 4.98 Å². The second-order valence-electron chi connectivity index (χ2n) is 6.63. The summed E-state index contributed by atoms with van der Waals surface area (Å²) in [5, 5.41) is 3.23. The zero-order valence-corrected chi connectivity index (χ0v) is 15.2. The summed E-state index contributed by atoms with van der Waals surface area (Å²) in [4.78, 5) is 32.3. The van der Waals surface area contributed by atoms with Gasteiger partial charge in [-0.15, -0.1) is 11.3 Å². The average Bonchev–Trinajstić information content (AvgIpc) is 3.20. The number of benzene rings is 1. The van der Waals surface area contributed by atoms with Gasteiger partial charge in [0.25, 0.3) is 5.91 Å². The summed E-state index contributed by atoms with van der Waals surface area (Å²) in [6.45, 7) is 0.438. The number of para-hydroxylation sites is 1. The molecule has 1 aliphatic carbocycles. The van der Waals surface area contributed by atoms with Crippen LogP contribution in [0, 0.1) is 0 Å². The van der Waals surface area contributed by atoms with Crippen LogP contribution in [0.25, 0.3) is 11.0 Å². The standard InChI is InChI=1S/C20H20N2O3S/c23-19-15-8-4-5-9-17(15)25-13-16(19)20(24)22(12-18-21-10-11-26-18)14-6-2-1-3-7-14/h4-5,8-11,13-14H,1-3,6-7,12H2. The number of thiazole rings is 1. The Balaban J connectivity index is 1.71. The highest BCUT2D eigenvalue weighted by Gasteiger charge is 2.29. The molecule has 4 rings (SSSR count). The van der Waals surface area contributed by atoms with Crippen LogP contribution < -0.4 is 5.43 Å². The van der Waals surface area contributed by atoms with Crippen molar-refractivity contribution in [3.05, 3.63) is 62.9 Å². The molecule has 0 saturated heterocycles. The fourth-order valence-corrected chi connectivity index (χ4v) is 4.23. The smallest absolute Gasteiger partial charge is 0.261 e. The number of hydrogen-bond donors (Lipinski definition) is 0. The highest BCUT2D eigenvalue weighted by atomic mass is 32.1. The molecule has 6 heteroatoms. The first-order valence-electron chi connectivity index (χ1n) is 8.94. The molecule has 2 heterocycles. The lowest BCUT2D eigenvalue weighted by Gasteiger charge is -2.33. The average molecular weight is 368 g/mol. The van der Waals surface area contributed by atoms with E-state index < -0.39 is 0 Å². The molecule has 0 N–H and O–H groups in total. The Hall–Kier alpha value is -2.47. The van der Waals surface area contributed by atoms with Gasteiger partial charge in [-0.05, 0) is 25.0 Å². The third-order valence-corrected chi connectivity index (χ3v) is 5.74. The van der Waals surface area contributed by atoms with E-state index in [1.54, 1.807) is 24.4 Å². The van der Waals surface area contributed by atoms with Crippen molar-refractivity contribution in [1.29, 1.82) is 0 Å². The van der Waals surface area contributed by atoms with E-state index in [1.807, 2.05) is 16.3 Å². The molecule has 1 aliphatic rings. The van der Waals surface area contributed by atoms with E-state index in [-0.39, 0.29) is 22.9 Å². The van der Waals surface area contributed by atoms with Crippen molar-refractivity contribution in [3.63, 3.8) is 0 Å². The van der Waals surface area contributed by atoms with Crippen molar-refractivity contribution in [2.75, 3.05) is 0 Å². The molecule has 1 fully saturated rings. The van der Waals surface area contributed by atoms with Gasteiger partial charge in [0.05, 0.1) is 11.9 Å². The molecular formula is C20H20N2O3S. The van der Waals surface area contributed by atoms with E-state index in [0.717, 1.165) is 30.7 Å². The topological polar surface area (TPSA) is 63.4 Å². The number of fused-ring (bicyclic) bond motifs is 1. The lowest BCUT2D eigenvalue weighted by Crippen LogP contribution is -2.42. The minimum atomic E-state index is -0.267. The number of hydrogen-bond acceptors (Lipinski definition) is 5. The monoisotopic (exact) mass is 368 g/mol. The highest BCUT2D eigenvalue weighted by molar-refractivity contribution is 7.09. The van der Waals surface area contributed by atoms with Crippen LogP contribution in [0.2, 0.25) is 0 Å². The third-order valence-electron chi connectivity index (χ3n) is 4.98. The van der Waals surface area contributed by atoms with Crippen molar-refractivity contribution < 1.29 is 9.21 Å². The summed E-state index contributed by atoms with van der Waals surface area (Å²) >= 11 is 1.53. The predicted octanol–water partition coefficient (Wildman–Crippen LogP) is 4.22. The largest absolute Gasteiger partial charge is 0.463 e. The second kappa shape index (κ2) is 7.41. The molecule has 26 heavy (non-hydrogen) atoms. The normalized spacial score (nSPS) is 15.2. The number of amides is 1. The van der Waals surface area contributed by atoms with Gasteiger partial charge in [-0.1, -0.05) is 31.4 Å². The molecule has 1 amide bonds. The number of carbonyl (C=O) groups is 1. The quantitative estimate of drug-likeness (QED) is 0.691. The van der Waals surface area contributed by atoms with Crippen molar-refractivity contribution in [3.8, 4) is 0 Å². The summed E-state index contributed by atoms with van der Waals surface area (Å²) in [5.74, 6) is -0.258. The van der Waals surface area contributed by atoms with Crippen molar-refractivity contribution in [2.45, 2.75) is 44.7 Å². The summed E-state index contributed by atoms with van der Waals surface area (Å²) < 4.78 is 5.56. The van der Waals surface area contributed by atoms with Gasteiger partial charge in [0.15, 0.2) is 0 Å². The minimum absolute atomic E-state index is 0.103. The summed E-state index contributed by atoms with van der Waals surface area (Å²) in [6, 6.07) is 7.17. The first-order valence-corrected chi connectivity index (χ1v) is 9.82. The van der Waals surface area contributed by atoms with Gasteiger partial charge >= 0.3 is 0 Å². The Morgan fingerprint density at radius 2 is 2.04 bits per heavy atom. The van der Waals surface area contributed by atoms with Crippen LogP contribution >= 0.6 is 11.3 Å². The summed E-state index contributed by atoms with van der Waals surface area (Å²) in [5.41, 5.74) is 0.334. The second-order valence-corrected chi connectivity index (χ2v) is 7.60. The Labute approximate surface area is 155 Å². The fourth-order valence-electron chi connectivity index (χ4n) is 3.62. The Morgan fingerprint density at radius 1 is 1.23 bits per heavy atom. The van der Waals surface area contributed by atoms with Gasteiger partial charge in [0, 0.05) is 17.6 Å². The molecule has 1 saturated carbocycles. The van der Waals surface area contributed by atoms with Crippen LogP contribution in [0.15, 0.2) is 51.3 Å². The lowest BCUT2D eigenvalue weighted by atomic mass is 9.93. The number of aromatic nitrogens is 1. The molecule has 0 radical (unpaired) electrons. The Bertz CT molecular complexity index is 959. The maximum Gasteiger partial charge on any atom is 0.261 e. The van der Waals surface area contributed by atoms with Crippen LogP contribution in [-0.4, -0.2) is 21.8 Å². The Morgan fingerprint density at radius 3 is 2.81 bits per heavy atom. The van der Waals surface area contributed by atoms with Gasteiger partial charge in [0.2, 0.25) is 5.43 Å². The summed E-state index contributed by atoms with van der Waals surface area (Å²) in [7, 11) is 0. The molecule has 5 nitrogen and oxygen atoms in total. The molecule has 0 atom stereocenters.